The number of carbonyl (C=O) groups is 2. The van der Waals surface area contributed by atoms with Crippen molar-refractivity contribution in [3.8, 4) is 16.9 Å². The number of sulfone groups is 1. The lowest BCUT2D eigenvalue weighted by Crippen LogP contribution is -2.51. The van der Waals surface area contributed by atoms with Crippen molar-refractivity contribution in [2.24, 2.45) is 0 Å². The Morgan fingerprint density at radius 1 is 1.11 bits per heavy atom. The van der Waals surface area contributed by atoms with Crippen LogP contribution >= 0.6 is 0 Å². The van der Waals surface area contributed by atoms with Gasteiger partial charge in [-0.1, -0.05) is 24.3 Å². The van der Waals surface area contributed by atoms with Crippen LogP contribution < -0.4 is 15.1 Å². The van der Waals surface area contributed by atoms with Crippen molar-refractivity contribution in [2.45, 2.75) is 24.2 Å². The number of hydrogen-bond acceptors (Lipinski definition) is 9. The maximum atomic E-state index is 12.5. The van der Waals surface area contributed by atoms with E-state index >= 15 is 0 Å². The van der Waals surface area contributed by atoms with E-state index in [1.165, 1.54) is 17.3 Å². The Hall–Kier alpha value is -3.19. The molecular formula is C26H33N3O8S. The minimum Gasteiger partial charge on any atom is -0.492 e. The highest BCUT2D eigenvalue weighted by atomic mass is 32.2. The molecule has 38 heavy (non-hydrogen) atoms. The third kappa shape index (κ3) is 6.26. The van der Waals surface area contributed by atoms with E-state index in [1.54, 1.807) is 12.1 Å². The molecule has 0 aliphatic carbocycles. The average molecular weight is 548 g/mol. The number of rotatable bonds is 10. The van der Waals surface area contributed by atoms with Gasteiger partial charge in [0.15, 0.2) is 14.6 Å². The van der Waals surface area contributed by atoms with Gasteiger partial charge < -0.3 is 14.2 Å². The molecule has 0 aromatic heterocycles. The highest BCUT2D eigenvalue weighted by Crippen LogP contribution is 2.31. The van der Waals surface area contributed by atoms with Crippen LogP contribution in [0.5, 0.6) is 5.75 Å². The van der Waals surface area contributed by atoms with Crippen LogP contribution in [0.15, 0.2) is 48.5 Å². The van der Waals surface area contributed by atoms with Crippen LogP contribution in [0.2, 0.25) is 0 Å². The number of hydrogen-bond donors (Lipinski definition) is 2. The molecule has 0 radical (unpaired) electrons. The Morgan fingerprint density at radius 2 is 1.71 bits per heavy atom. The average Bonchev–Trinajstić information content (AvgIpc) is 3.28. The topological polar surface area (TPSA) is 135 Å². The zero-order chi connectivity index (χ0) is 27.3. The van der Waals surface area contributed by atoms with Crippen molar-refractivity contribution in [2.75, 3.05) is 57.2 Å². The number of amides is 2. The molecule has 11 nitrogen and oxygen atoms in total. The van der Waals surface area contributed by atoms with E-state index in [1.807, 2.05) is 36.4 Å². The Balaban J connectivity index is 1.35. The van der Waals surface area contributed by atoms with Crippen LogP contribution in [0.25, 0.3) is 11.1 Å². The van der Waals surface area contributed by atoms with Crippen LogP contribution in [0.3, 0.4) is 0 Å². The summed E-state index contributed by atoms with van der Waals surface area (Å²) in [7, 11) is -3.91. The fraction of sp³-hybridized carbons (Fsp3) is 0.462. The van der Waals surface area contributed by atoms with Crippen LogP contribution in [0.4, 0.5) is 10.5 Å². The lowest BCUT2D eigenvalue weighted by Gasteiger charge is -2.26. The van der Waals surface area contributed by atoms with Gasteiger partial charge >= 0.3 is 6.09 Å². The molecule has 4 rings (SSSR count). The summed E-state index contributed by atoms with van der Waals surface area (Å²) in [4.78, 5) is 28.3. The second-order valence-corrected chi connectivity index (χ2v) is 12.1. The van der Waals surface area contributed by atoms with Crippen LogP contribution in [0.1, 0.15) is 13.3 Å². The molecule has 0 spiro atoms. The van der Waals surface area contributed by atoms with Gasteiger partial charge in [-0.2, -0.15) is 0 Å². The van der Waals surface area contributed by atoms with Crippen LogP contribution in [-0.2, 0) is 24.1 Å². The maximum Gasteiger partial charge on any atom is 0.414 e. The van der Waals surface area contributed by atoms with Gasteiger partial charge in [0.05, 0.1) is 19.8 Å². The number of carbonyl (C=O) groups excluding carboxylic acids is 2. The van der Waals surface area contributed by atoms with E-state index in [0.29, 0.717) is 12.3 Å². The first kappa shape index (κ1) is 27.8. The zero-order valence-electron chi connectivity index (χ0n) is 21.5. The molecule has 2 heterocycles. The fourth-order valence-corrected chi connectivity index (χ4v) is 5.37. The molecule has 0 saturated carbocycles. The number of cyclic esters (lactones) is 1. The SMILES string of the molecule is CC(CC1CN(c2ccc(-c3ccc(OCCN4CCOCC4)cc3)cc2)C(=O)O1)(C(=O)NO)S(C)(=O)=O. The molecule has 2 saturated heterocycles. The van der Waals surface area contributed by atoms with Gasteiger partial charge in [0.1, 0.15) is 18.5 Å². The summed E-state index contributed by atoms with van der Waals surface area (Å²) in [5.74, 6) is -0.284. The number of nitrogens with one attached hydrogen (secondary N) is 1. The predicted octanol–water partition coefficient (Wildman–Crippen LogP) is 2.09. The molecule has 2 fully saturated rings. The fourth-order valence-electron chi connectivity index (χ4n) is 4.50. The Kier molecular flexibility index (Phi) is 8.56. The molecule has 2 aliphatic heterocycles. The van der Waals surface area contributed by atoms with Gasteiger partial charge in [0.2, 0.25) is 0 Å². The Morgan fingerprint density at radius 3 is 2.29 bits per heavy atom. The largest absolute Gasteiger partial charge is 0.492 e. The lowest BCUT2D eigenvalue weighted by molar-refractivity contribution is -0.132. The van der Waals surface area contributed by atoms with Crippen molar-refractivity contribution in [3.05, 3.63) is 48.5 Å². The number of benzene rings is 2. The molecule has 2 aromatic carbocycles. The quantitative estimate of drug-likeness (QED) is 0.339. The summed E-state index contributed by atoms with van der Waals surface area (Å²) < 4.78 is 39.1. The minimum atomic E-state index is -3.91. The van der Waals surface area contributed by atoms with Gasteiger partial charge in [-0.05, 0) is 42.3 Å². The van der Waals surface area contributed by atoms with Crippen LogP contribution in [0, 0.1) is 0 Å². The van der Waals surface area contributed by atoms with Crippen molar-refractivity contribution in [3.63, 3.8) is 0 Å². The summed E-state index contributed by atoms with van der Waals surface area (Å²) in [6.45, 7) is 6.10. The highest BCUT2D eigenvalue weighted by Gasteiger charge is 2.48. The second-order valence-electron chi connectivity index (χ2n) is 9.64. The third-order valence-electron chi connectivity index (χ3n) is 7.04. The molecule has 2 aliphatic rings. The highest BCUT2D eigenvalue weighted by molar-refractivity contribution is 7.92. The number of anilines is 1. The van der Waals surface area contributed by atoms with Gasteiger partial charge in [-0.15, -0.1) is 0 Å². The van der Waals surface area contributed by atoms with E-state index in [4.69, 9.17) is 19.4 Å². The maximum absolute atomic E-state index is 12.5. The number of morpholine rings is 1. The van der Waals surface area contributed by atoms with Crippen molar-refractivity contribution >= 4 is 27.5 Å². The van der Waals surface area contributed by atoms with Gasteiger partial charge in [0.25, 0.3) is 5.91 Å². The van der Waals surface area contributed by atoms with Crippen molar-refractivity contribution in [1.29, 1.82) is 0 Å². The molecule has 206 valence electrons. The molecule has 2 atom stereocenters. The summed E-state index contributed by atoms with van der Waals surface area (Å²) in [5.41, 5.74) is 3.91. The number of hydroxylamine groups is 1. The molecule has 2 N–H and O–H groups in total. The first-order valence-electron chi connectivity index (χ1n) is 12.4. The summed E-state index contributed by atoms with van der Waals surface area (Å²) in [6.07, 6.45) is -0.879. The molecule has 2 amide bonds. The normalized spacial score (nSPS) is 20.0. The lowest BCUT2D eigenvalue weighted by atomic mass is 10.0. The van der Waals surface area contributed by atoms with E-state index in [0.717, 1.165) is 56.0 Å². The predicted molar refractivity (Wildman–Crippen MR) is 140 cm³/mol. The van der Waals surface area contributed by atoms with Crippen molar-refractivity contribution < 1.29 is 37.4 Å². The summed E-state index contributed by atoms with van der Waals surface area (Å²) in [5, 5.41) is 9.02. The Labute approximate surface area is 222 Å². The van der Waals surface area contributed by atoms with Crippen LogP contribution in [-0.4, -0.2) is 93.6 Å². The smallest absolute Gasteiger partial charge is 0.414 e. The summed E-state index contributed by atoms with van der Waals surface area (Å²) >= 11 is 0. The van der Waals surface area contributed by atoms with E-state index in [2.05, 4.69) is 4.90 Å². The van der Waals surface area contributed by atoms with Crippen molar-refractivity contribution in [1.82, 2.24) is 10.4 Å². The molecule has 12 heteroatoms. The van der Waals surface area contributed by atoms with Gasteiger partial charge in [0, 0.05) is 38.0 Å². The van der Waals surface area contributed by atoms with Gasteiger partial charge in [-0.25, -0.2) is 18.7 Å². The molecule has 2 aromatic rings. The van der Waals surface area contributed by atoms with E-state index in [9.17, 15) is 18.0 Å². The minimum absolute atomic E-state index is 0.0679. The molecular weight excluding hydrogens is 514 g/mol. The molecule has 2 unspecified atom stereocenters. The number of nitrogens with zero attached hydrogens (tertiary/aromatic N) is 2. The number of ether oxygens (including phenoxy) is 3. The Bertz CT molecular complexity index is 1230. The third-order valence-corrected chi connectivity index (χ3v) is 9.03. The van der Waals surface area contributed by atoms with Gasteiger partial charge in [-0.3, -0.25) is 19.8 Å². The molecule has 0 bridgehead atoms. The first-order valence-corrected chi connectivity index (χ1v) is 14.3. The van der Waals surface area contributed by atoms with E-state index in [-0.39, 0.29) is 13.0 Å². The summed E-state index contributed by atoms with van der Waals surface area (Å²) in [6, 6.07) is 15.1. The second kappa shape index (κ2) is 11.7. The monoisotopic (exact) mass is 547 g/mol. The standard InChI is InChI=1S/C26H33N3O8S/c1-26(24(30)27-32,38(2,33)34)17-23-18-29(25(31)37-23)21-7-3-19(4-8-21)20-5-9-22(10-6-20)36-16-13-28-11-14-35-15-12-28/h3-10,23,32H,11-18H2,1-2H3,(H,27,30). The zero-order valence-corrected chi connectivity index (χ0v) is 22.3. The van der Waals surface area contributed by atoms with E-state index < -0.39 is 32.7 Å². The first-order chi connectivity index (χ1) is 18.1.